The third-order valence-electron chi connectivity index (χ3n) is 3.91. The Morgan fingerprint density at radius 3 is 3.00 bits per heavy atom. The van der Waals surface area contributed by atoms with Crippen LogP contribution in [0.15, 0.2) is 0 Å². The van der Waals surface area contributed by atoms with Gasteiger partial charge in [-0.2, -0.15) is 0 Å². The molecule has 20 heavy (non-hydrogen) atoms. The fourth-order valence-electron chi connectivity index (χ4n) is 2.49. The average molecular weight is 298 g/mol. The summed E-state index contributed by atoms with van der Waals surface area (Å²) in [6.45, 7) is 5.75. The molecule has 0 saturated heterocycles. The van der Waals surface area contributed by atoms with E-state index >= 15 is 0 Å². The number of fused-ring (bicyclic) bond motifs is 1. The van der Waals surface area contributed by atoms with Crippen molar-refractivity contribution in [3.8, 4) is 0 Å². The van der Waals surface area contributed by atoms with Gasteiger partial charge in [-0.25, -0.2) is 4.98 Å². The van der Waals surface area contributed by atoms with Crippen molar-refractivity contribution in [1.82, 2.24) is 4.98 Å². The van der Waals surface area contributed by atoms with Gasteiger partial charge < -0.3 is 14.7 Å². The lowest BCUT2D eigenvalue weighted by molar-refractivity contribution is -0.138. The molecule has 5 nitrogen and oxygen atoms in total. The number of anilines is 1. The smallest absolute Gasteiger partial charge is 0.312 e. The average Bonchev–Trinajstić information content (AvgIpc) is 2.98. The Balaban J connectivity index is 2.22. The number of methoxy groups -OCH3 is 1. The van der Waals surface area contributed by atoms with Crippen molar-refractivity contribution in [3.05, 3.63) is 10.6 Å². The zero-order valence-electron chi connectivity index (χ0n) is 12.3. The lowest BCUT2D eigenvalue weighted by atomic mass is 10.1. The molecule has 0 bridgehead atoms. The summed E-state index contributed by atoms with van der Waals surface area (Å²) < 4.78 is 5.17. The first-order chi connectivity index (χ1) is 9.58. The number of thiazole rings is 1. The van der Waals surface area contributed by atoms with Crippen molar-refractivity contribution in [2.24, 2.45) is 0 Å². The number of hydrogen-bond donors (Lipinski definition) is 1. The molecule has 2 atom stereocenters. The van der Waals surface area contributed by atoms with E-state index in [0.29, 0.717) is 19.1 Å². The number of aromatic nitrogens is 1. The summed E-state index contributed by atoms with van der Waals surface area (Å²) in [7, 11) is 1.69. The standard InChI is InChI=1S/C14H22N2O3S/c1-4-9(2)16(7-8-19-3)14-15-12-10(13(17)18)5-6-11(12)20-14/h9-10H,4-8H2,1-3H3,(H,17,18). The molecule has 1 aliphatic rings. The third-order valence-corrected chi connectivity index (χ3v) is 5.08. The first kappa shape index (κ1) is 15.3. The summed E-state index contributed by atoms with van der Waals surface area (Å²) >= 11 is 1.64. The second-order valence-electron chi connectivity index (χ2n) is 5.18. The van der Waals surface area contributed by atoms with Crippen LogP contribution in [0.25, 0.3) is 0 Å². The highest BCUT2D eigenvalue weighted by Gasteiger charge is 2.33. The molecule has 1 aromatic rings. The number of rotatable bonds is 7. The number of carbonyl (C=O) groups is 1. The van der Waals surface area contributed by atoms with Crippen LogP contribution >= 0.6 is 11.3 Å². The molecule has 1 N–H and O–H groups in total. The van der Waals surface area contributed by atoms with Crippen LogP contribution in [0.4, 0.5) is 5.13 Å². The quantitative estimate of drug-likeness (QED) is 0.838. The van der Waals surface area contributed by atoms with E-state index in [-0.39, 0.29) is 0 Å². The molecule has 0 saturated carbocycles. The van der Waals surface area contributed by atoms with Gasteiger partial charge in [0.2, 0.25) is 0 Å². The summed E-state index contributed by atoms with van der Waals surface area (Å²) in [4.78, 5) is 19.2. The van der Waals surface area contributed by atoms with Crippen molar-refractivity contribution < 1.29 is 14.6 Å². The minimum atomic E-state index is -0.757. The minimum absolute atomic E-state index is 0.375. The second-order valence-corrected chi connectivity index (χ2v) is 6.24. The number of carboxylic acid groups (broad SMARTS) is 1. The lowest BCUT2D eigenvalue weighted by Crippen LogP contribution is -2.35. The maximum Gasteiger partial charge on any atom is 0.312 e. The van der Waals surface area contributed by atoms with E-state index in [2.05, 4.69) is 23.7 Å². The predicted molar refractivity (Wildman–Crippen MR) is 79.8 cm³/mol. The highest BCUT2D eigenvalue weighted by molar-refractivity contribution is 7.15. The maximum atomic E-state index is 11.2. The van der Waals surface area contributed by atoms with Crippen molar-refractivity contribution in [1.29, 1.82) is 0 Å². The van der Waals surface area contributed by atoms with Crippen molar-refractivity contribution in [2.75, 3.05) is 25.2 Å². The lowest BCUT2D eigenvalue weighted by Gasteiger charge is -2.27. The van der Waals surface area contributed by atoms with E-state index < -0.39 is 11.9 Å². The molecule has 0 amide bonds. The number of aryl methyl sites for hydroxylation is 1. The maximum absolute atomic E-state index is 11.2. The van der Waals surface area contributed by atoms with Crippen LogP contribution in [0.1, 0.15) is 43.2 Å². The molecular weight excluding hydrogens is 276 g/mol. The summed E-state index contributed by atoms with van der Waals surface area (Å²) in [5.74, 6) is -1.18. The Morgan fingerprint density at radius 1 is 1.65 bits per heavy atom. The van der Waals surface area contributed by atoms with Crippen molar-refractivity contribution in [2.45, 2.75) is 45.1 Å². The van der Waals surface area contributed by atoms with Crippen molar-refractivity contribution in [3.63, 3.8) is 0 Å². The largest absolute Gasteiger partial charge is 0.481 e. The van der Waals surface area contributed by atoms with Gasteiger partial charge in [0.1, 0.15) is 5.92 Å². The summed E-state index contributed by atoms with van der Waals surface area (Å²) in [6, 6.07) is 0.375. The van der Waals surface area contributed by atoms with Crippen LogP contribution in [0.3, 0.4) is 0 Å². The topological polar surface area (TPSA) is 62.7 Å². The van der Waals surface area contributed by atoms with Crippen LogP contribution in [0, 0.1) is 0 Å². The summed E-state index contributed by atoms with van der Waals surface area (Å²) in [5.41, 5.74) is 0.781. The molecule has 1 aliphatic carbocycles. The SMILES string of the molecule is CCC(C)N(CCOC)c1nc2c(s1)CCC2C(=O)O. The van der Waals surface area contributed by atoms with Crippen LogP contribution in [-0.2, 0) is 16.0 Å². The number of carboxylic acids is 1. The molecule has 112 valence electrons. The molecule has 0 radical (unpaired) electrons. The summed E-state index contributed by atoms with van der Waals surface area (Å²) in [6.07, 6.45) is 2.55. The zero-order valence-corrected chi connectivity index (χ0v) is 13.1. The third kappa shape index (κ3) is 2.96. The van der Waals surface area contributed by atoms with Gasteiger partial charge in [0, 0.05) is 24.6 Å². The minimum Gasteiger partial charge on any atom is -0.481 e. The Bertz CT molecular complexity index is 475. The van der Waals surface area contributed by atoms with E-state index in [1.54, 1.807) is 18.4 Å². The Morgan fingerprint density at radius 2 is 2.40 bits per heavy atom. The van der Waals surface area contributed by atoms with Gasteiger partial charge in [-0.05, 0) is 26.2 Å². The Labute approximate surface area is 123 Å². The second kappa shape index (κ2) is 6.54. The molecule has 0 aliphatic heterocycles. The van der Waals surface area contributed by atoms with E-state index in [1.165, 1.54) is 0 Å². The van der Waals surface area contributed by atoms with Gasteiger partial charge in [-0.3, -0.25) is 4.79 Å². The zero-order chi connectivity index (χ0) is 14.7. The molecule has 6 heteroatoms. The normalized spacial score (nSPS) is 18.9. The van der Waals surface area contributed by atoms with Gasteiger partial charge in [0.15, 0.2) is 5.13 Å². The first-order valence-electron chi connectivity index (χ1n) is 7.06. The molecular formula is C14H22N2O3S. The molecule has 1 aromatic heterocycles. The first-order valence-corrected chi connectivity index (χ1v) is 7.88. The van der Waals surface area contributed by atoms with E-state index in [9.17, 15) is 9.90 Å². The fourth-order valence-corrected chi connectivity index (χ4v) is 3.76. The van der Waals surface area contributed by atoms with Gasteiger partial charge in [0.05, 0.1) is 12.3 Å². The molecule has 2 unspecified atom stereocenters. The Kier molecular flexibility index (Phi) is 4.99. The van der Waals surface area contributed by atoms with E-state index in [4.69, 9.17) is 4.74 Å². The van der Waals surface area contributed by atoms with Gasteiger partial charge in [-0.1, -0.05) is 6.92 Å². The van der Waals surface area contributed by atoms with Crippen LogP contribution in [0.5, 0.6) is 0 Å². The molecule has 0 aromatic carbocycles. The highest BCUT2D eigenvalue weighted by atomic mass is 32.1. The molecule has 1 heterocycles. The number of ether oxygens (including phenoxy) is 1. The van der Waals surface area contributed by atoms with Crippen molar-refractivity contribution >= 4 is 22.4 Å². The predicted octanol–water partition coefficient (Wildman–Crippen LogP) is 2.51. The van der Waals surface area contributed by atoms with Gasteiger partial charge in [0.25, 0.3) is 0 Å². The van der Waals surface area contributed by atoms with Gasteiger partial charge >= 0.3 is 5.97 Å². The molecule has 0 fully saturated rings. The highest BCUT2D eigenvalue weighted by Crippen LogP contribution is 2.40. The number of hydrogen-bond acceptors (Lipinski definition) is 5. The van der Waals surface area contributed by atoms with Crippen LogP contribution < -0.4 is 4.90 Å². The van der Waals surface area contributed by atoms with E-state index in [0.717, 1.165) is 35.1 Å². The van der Waals surface area contributed by atoms with Gasteiger partial charge in [-0.15, -0.1) is 11.3 Å². The van der Waals surface area contributed by atoms with Crippen LogP contribution in [0.2, 0.25) is 0 Å². The monoisotopic (exact) mass is 298 g/mol. The number of nitrogens with zero attached hydrogens (tertiary/aromatic N) is 2. The fraction of sp³-hybridized carbons (Fsp3) is 0.714. The van der Waals surface area contributed by atoms with E-state index in [1.807, 2.05) is 0 Å². The molecule has 2 rings (SSSR count). The molecule has 0 spiro atoms. The Hall–Kier alpha value is -1.14. The van der Waals surface area contributed by atoms with Crippen LogP contribution in [-0.4, -0.2) is 42.4 Å². The number of aliphatic carboxylic acids is 1. The summed E-state index contributed by atoms with van der Waals surface area (Å²) in [5, 5.41) is 10.2.